The van der Waals surface area contributed by atoms with Crippen LogP contribution in [0.4, 0.5) is 11.4 Å². The number of nitrogens with zero attached hydrogens (tertiary/aromatic N) is 3. The van der Waals surface area contributed by atoms with Crippen LogP contribution >= 0.6 is 22.7 Å². The standard InChI is InChI=1S/C53H34BN3OS2/c1-53(2,3)30-17-19-31(20-18-30)57-43-24-39-33-14-8-10-16-47(33)59-48(39)25-37(43)34-21-22-35-36-23-38-32-13-7-9-15-46(32)60-49(38)28-42(36)56-44-27-45-41(26-40(44)54(57)50(34)51(35)56)55-52(58-45)29-11-5-4-6-12-29/h4-28H,1-3H3. The van der Waals surface area contributed by atoms with Gasteiger partial charge in [0.15, 0.2) is 5.58 Å². The van der Waals surface area contributed by atoms with Crippen molar-refractivity contribution in [3.05, 3.63) is 157 Å². The molecule has 0 amide bonds. The zero-order valence-electron chi connectivity index (χ0n) is 33.1. The van der Waals surface area contributed by atoms with Gasteiger partial charge in [0, 0.05) is 85.4 Å². The fourth-order valence-corrected chi connectivity index (χ4v) is 12.6. The van der Waals surface area contributed by atoms with Crippen LogP contribution in [0.25, 0.3) is 102 Å². The summed E-state index contributed by atoms with van der Waals surface area (Å²) in [4.78, 5) is 7.81. The molecule has 7 heteroatoms. The molecule has 0 saturated heterocycles. The maximum Gasteiger partial charge on any atom is 0.333 e. The molecule has 12 aromatic rings. The molecule has 6 heterocycles. The Hall–Kier alpha value is -6.67. The summed E-state index contributed by atoms with van der Waals surface area (Å²) >= 11 is 3.77. The first kappa shape index (κ1) is 33.2. The van der Waals surface area contributed by atoms with E-state index in [-0.39, 0.29) is 12.3 Å². The van der Waals surface area contributed by atoms with Gasteiger partial charge in [-0.15, -0.1) is 22.7 Å². The van der Waals surface area contributed by atoms with Gasteiger partial charge in [-0.05, 0) is 94.2 Å². The Labute approximate surface area is 353 Å². The lowest BCUT2D eigenvalue weighted by Gasteiger charge is -2.42. The minimum atomic E-state index is -0.130. The van der Waals surface area contributed by atoms with Gasteiger partial charge in [-0.25, -0.2) is 4.98 Å². The Balaban J connectivity index is 1.14. The van der Waals surface area contributed by atoms with Crippen molar-refractivity contribution < 1.29 is 4.42 Å². The van der Waals surface area contributed by atoms with Gasteiger partial charge in [-0.3, -0.25) is 0 Å². The van der Waals surface area contributed by atoms with E-state index >= 15 is 0 Å². The van der Waals surface area contributed by atoms with E-state index in [0.29, 0.717) is 5.89 Å². The highest BCUT2D eigenvalue weighted by atomic mass is 32.1. The molecule has 0 unspecified atom stereocenters. The van der Waals surface area contributed by atoms with E-state index in [1.165, 1.54) is 101 Å². The fourth-order valence-electron chi connectivity index (χ4n) is 10.4. The number of fused-ring (bicyclic) bond motifs is 15. The summed E-state index contributed by atoms with van der Waals surface area (Å²) in [6.45, 7) is 6.74. The summed E-state index contributed by atoms with van der Waals surface area (Å²) in [6.07, 6.45) is 0. The summed E-state index contributed by atoms with van der Waals surface area (Å²) in [5, 5.41) is 7.77. The Morgan fingerprint density at radius 1 is 0.567 bits per heavy atom. The SMILES string of the molecule is CC(C)(C)c1ccc(N2B3c4cc5nc(-c6ccccc6)oc5cc4-n4c5cc6sc7ccccc7c6cc5c5ccc(c3c54)-c3cc4sc5ccccc5c4cc32)cc1. The highest BCUT2D eigenvalue weighted by Gasteiger charge is 2.44. The third-order valence-electron chi connectivity index (χ3n) is 13.1. The molecule has 4 nitrogen and oxygen atoms in total. The van der Waals surface area contributed by atoms with Gasteiger partial charge < -0.3 is 13.8 Å². The maximum atomic E-state index is 6.67. The van der Waals surface area contributed by atoms with Crippen LogP contribution < -0.4 is 15.7 Å². The second kappa shape index (κ2) is 11.5. The van der Waals surface area contributed by atoms with E-state index in [0.717, 1.165) is 22.4 Å². The number of hydrogen-bond donors (Lipinski definition) is 0. The van der Waals surface area contributed by atoms with Crippen LogP contribution in [0.3, 0.4) is 0 Å². The quantitative estimate of drug-likeness (QED) is 0.163. The van der Waals surface area contributed by atoms with Crippen LogP contribution in [0.5, 0.6) is 0 Å². The van der Waals surface area contributed by atoms with E-state index in [1.807, 2.05) is 40.9 Å². The van der Waals surface area contributed by atoms with E-state index in [4.69, 9.17) is 9.40 Å². The van der Waals surface area contributed by atoms with Crippen molar-refractivity contribution in [3.8, 4) is 28.3 Å². The molecule has 0 saturated carbocycles. The lowest BCUT2D eigenvalue weighted by atomic mass is 9.44. The van der Waals surface area contributed by atoms with Crippen molar-refractivity contribution in [3.63, 3.8) is 0 Å². The number of rotatable bonds is 2. The largest absolute Gasteiger partial charge is 0.436 e. The Morgan fingerprint density at radius 2 is 1.27 bits per heavy atom. The van der Waals surface area contributed by atoms with Crippen LogP contribution in [0.1, 0.15) is 26.3 Å². The Morgan fingerprint density at radius 3 is 2.02 bits per heavy atom. The minimum absolute atomic E-state index is 0.0331. The first-order chi connectivity index (χ1) is 29.4. The van der Waals surface area contributed by atoms with Crippen molar-refractivity contribution in [2.45, 2.75) is 26.2 Å². The van der Waals surface area contributed by atoms with Gasteiger partial charge in [-0.2, -0.15) is 0 Å². The highest BCUT2D eigenvalue weighted by Crippen LogP contribution is 2.50. The number of hydrogen-bond acceptors (Lipinski definition) is 5. The normalized spacial score (nSPS) is 13.5. The van der Waals surface area contributed by atoms with Gasteiger partial charge in [0.1, 0.15) is 5.52 Å². The zero-order chi connectivity index (χ0) is 39.6. The van der Waals surface area contributed by atoms with Crippen molar-refractivity contribution >= 4 is 125 Å². The topological polar surface area (TPSA) is 34.2 Å². The van der Waals surface area contributed by atoms with Crippen LogP contribution in [0.2, 0.25) is 0 Å². The summed E-state index contributed by atoms with van der Waals surface area (Å²) in [5.74, 6) is 0.635. The van der Waals surface area contributed by atoms with E-state index in [2.05, 4.69) is 164 Å². The minimum Gasteiger partial charge on any atom is -0.436 e. The summed E-state index contributed by atoms with van der Waals surface area (Å²) in [6, 6.07) is 56.5. The summed E-state index contributed by atoms with van der Waals surface area (Å²) < 4.78 is 14.5. The number of aromatic nitrogens is 2. The van der Waals surface area contributed by atoms with Crippen molar-refractivity contribution in [2.24, 2.45) is 0 Å². The van der Waals surface area contributed by atoms with Crippen LogP contribution in [0, 0.1) is 0 Å². The molecule has 2 aliphatic rings. The van der Waals surface area contributed by atoms with Crippen molar-refractivity contribution in [1.29, 1.82) is 0 Å². The molecule has 14 rings (SSSR count). The van der Waals surface area contributed by atoms with Gasteiger partial charge in [0.05, 0.1) is 11.0 Å². The second-order valence-corrected chi connectivity index (χ2v) is 19.7. The predicted octanol–water partition coefficient (Wildman–Crippen LogP) is 13.9. The molecule has 0 aliphatic carbocycles. The molecule has 0 spiro atoms. The first-order valence-corrected chi connectivity index (χ1v) is 22.3. The van der Waals surface area contributed by atoms with Crippen LogP contribution in [-0.4, -0.2) is 16.4 Å². The number of thiophene rings is 2. The molecule has 0 N–H and O–H groups in total. The van der Waals surface area contributed by atoms with E-state index < -0.39 is 0 Å². The lowest BCUT2D eigenvalue weighted by Crippen LogP contribution is -2.60. The lowest BCUT2D eigenvalue weighted by molar-refractivity contribution is 0.590. The maximum absolute atomic E-state index is 6.67. The van der Waals surface area contributed by atoms with E-state index in [1.54, 1.807) is 0 Å². The fraction of sp³-hybridized carbons (Fsp3) is 0.0755. The van der Waals surface area contributed by atoms with Crippen molar-refractivity contribution in [2.75, 3.05) is 4.81 Å². The molecular weight excluding hydrogens is 770 g/mol. The highest BCUT2D eigenvalue weighted by molar-refractivity contribution is 7.26. The molecule has 60 heavy (non-hydrogen) atoms. The average Bonchev–Trinajstić information content (AvgIpc) is 4.04. The molecule has 0 fully saturated rings. The number of anilines is 2. The molecule has 4 aromatic heterocycles. The molecular formula is C53H34BN3OS2. The molecule has 8 aromatic carbocycles. The van der Waals surface area contributed by atoms with Gasteiger partial charge in [0.2, 0.25) is 5.89 Å². The molecule has 0 radical (unpaired) electrons. The first-order valence-electron chi connectivity index (χ1n) is 20.6. The number of oxazole rings is 1. The van der Waals surface area contributed by atoms with Gasteiger partial charge in [-0.1, -0.05) is 99.6 Å². The smallest absolute Gasteiger partial charge is 0.333 e. The van der Waals surface area contributed by atoms with Gasteiger partial charge >= 0.3 is 6.85 Å². The van der Waals surface area contributed by atoms with Crippen LogP contribution in [0.15, 0.2) is 156 Å². The van der Waals surface area contributed by atoms with Gasteiger partial charge in [0.25, 0.3) is 0 Å². The zero-order valence-corrected chi connectivity index (χ0v) is 34.7. The monoisotopic (exact) mass is 803 g/mol. The third kappa shape index (κ3) is 4.38. The third-order valence-corrected chi connectivity index (χ3v) is 15.4. The molecule has 282 valence electrons. The second-order valence-electron chi connectivity index (χ2n) is 17.5. The average molecular weight is 804 g/mol. The summed E-state index contributed by atoms with van der Waals surface area (Å²) in [7, 11) is 0. The Kier molecular flexibility index (Phi) is 6.38. The predicted molar refractivity (Wildman–Crippen MR) is 257 cm³/mol. The van der Waals surface area contributed by atoms with Crippen LogP contribution in [-0.2, 0) is 5.41 Å². The molecule has 2 aliphatic heterocycles. The molecule has 0 atom stereocenters. The Bertz CT molecular complexity index is 3830. The van der Waals surface area contributed by atoms with E-state index in [9.17, 15) is 0 Å². The van der Waals surface area contributed by atoms with Crippen molar-refractivity contribution in [1.82, 2.24) is 9.55 Å². The number of benzene rings is 8. The molecule has 0 bridgehead atoms. The summed E-state index contributed by atoms with van der Waals surface area (Å²) in [5.41, 5.74) is 15.1.